The zero-order chi connectivity index (χ0) is 17.0. The third-order valence-corrected chi connectivity index (χ3v) is 3.51. The maximum absolute atomic E-state index is 12.3. The van der Waals surface area contributed by atoms with Crippen LogP contribution in [0, 0.1) is 5.92 Å². The van der Waals surface area contributed by atoms with Gasteiger partial charge in [-0.2, -0.15) is 0 Å². The Kier molecular flexibility index (Phi) is 5.08. The molecule has 1 amide bonds. The number of piperidine rings is 1. The van der Waals surface area contributed by atoms with Crippen LogP contribution in [0.5, 0.6) is 0 Å². The number of nitrogens with zero attached hydrogens (tertiary/aromatic N) is 2. The van der Waals surface area contributed by atoms with Crippen molar-refractivity contribution in [1.29, 1.82) is 0 Å². The molecule has 2 N–H and O–H groups in total. The number of ether oxygens (including phenoxy) is 1. The molecule has 124 valence electrons. The summed E-state index contributed by atoms with van der Waals surface area (Å²) < 4.78 is 5.45. The number of nitrogens with two attached hydrogens (primary N) is 1. The summed E-state index contributed by atoms with van der Waals surface area (Å²) in [7, 11) is 0. The first-order valence-corrected chi connectivity index (χ1v) is 7.83. The molecule has 0 aliphatic carbocycles. The summed E-state index contributed by atoms with van der Waals surface area (Å²) in [5.41, 5.74) is 7.95. The van der Waals surface area contributed by atoms with Crippen molar-refractivity contribution in [2.45, 2.75) is 33.3 Å². The standard InChI is InChI=1S/C18H25N3O2/c1-13-11-21(17(22)23-18(2,3)4)12-14(10-19)16(13)20-15-8-6-5-7-9-15/h5-10,13H,11-12,19H2,1-4H3. The van der Waals surface area contributed by atoms with Gasteiger partial charge in [0, 0.05) is 24.2 Å². The highest BCUT2D eigenvalue weighted by Gasteiger charge is 2.31. The lowest BCUT2D eigenvalue weighted by Gasteiger charge is -2.35. The SMILES string of the molecule is CC1CN(C(=O)OC(C)(C)C)CC(=CN)C1=Nc1ccccc1. The highest BCUT2D eigenvalue weighted by atomic mass is 16.6. The number of likely N-dealkylation sites (tertiary alicyclic amines) is 1. The molecule has 1 aromatic carbocycles. The maximum atomic E-state index is 12.3. The summed E-state index contributed by atoms with van der Waals surface area (Å²) >= 11 is 0. The van der Waals surface area contributed by atoms with Crippen LogP contribution in [0.15, 0.2) is 47.1 Å². The molecular weight excluding hydrogens is 290 g/mol. The van der Waals surface area contributed by atoms with E-state index in [0.717, 1.165) is 17.0 Å². The zero-order valence-corrected chi connectivity index (χ0v) is 14.2. The second-order valence-electron chi connectivity index (χ2n) is 6.79. The Hall–Kier alpha value is -2.30. The lowest BCUT2D eigenvalue weighted by atomic mass is 9.93. The van der Waals surface area contributed by atoms with Crippen molar-refractivity contribution in [2.24, 2.45) is 16.6 Å². The molecule has 1 aliphatic heterocycles. The van der Waals surface area contributed by atoms with Gasteiger partial charge in [-0.1, -0.05) is 25.1 Å². The Bertz CT molecular complexity index is 615. The van der Waals surface area contributed by atoms with Crippen molar-refractivity contribution < 1.29 is 9.53 Å². The molecule has 0 saturated carbocycles. The number of amides is 1. The lowest BCUT2D eigenvalue weighted by molar-refractivity contribution is 0.0248. The number of carbonyl (C=O) groups is 1. The van der Waals surface area contributed by atoms with Crippen LogP contribution in [0.4, 0.5) is 10.5 Å². The third-order valence-electron chi connectivity index (χ3n) is 3.51. The van der Waals surface area contributed by atoms with Crippen molar-refractivity contribution in [1.82, 2.24) is 4.90 Å². The Labute approximate surface area is 137 Å². The van der Waals surface area contributed by atoms with E-state index in [1.165, 1.54) is 6.20 Å². The average Bonchev–Trinajstić information content (AvgIpc) is 2.48. The summed E-state index contributed by atoms with van der Waals surface area (Å²) in [6.07, 6.45) is 1.22. The maximum Gasteiger partial charge on any atom is 0.410 e. The molecule has 1 heterocycles. The second kappa shape index (κ2) is 6.86. The fourth-order valence-electron chi connectivity index (χ4n) is 2.51. The van der Waals surface area contributed by atoms with Gasteiger partial charge in [0.1, 0.15) is 5.60 Å². The molecule has 0 spiro atoms. The summed E-state index contributed by atoms with van der Waals surface area (Å²) in [5.74, 6) is 0.0891. The largest absolute Gasteiger partial charge is 0.444 e. The van der Waals surface area contributed by atoms with E-state index in [0.29, 0.717) is 13.1 Å². The molecule has 1 atom stereocenters. The first-order valence-electron chi connectivity index (χ1n) is 7.83. The predicted octanol–water partition coefficient (Wildman–Crippen LogP) is 3.49. The van der Waals surface area contributed by atoms with Crippen LogP contribution in [0.25, 0.3) is 0 Å². The van der Waals surface area contributed by atoms with Crippen LogP contribution in [0.1, 0.15) is 27.7 Å². The van der Waals surface area contributed by atoms with Crippen LogP contribution >= 0.6 is 0 Å². The van der Waals surface area contributed by atoms with Gasteiger partial charge in [0.05, 0.1) is 17.9 Å². The number of rotatable bonds is 1. The first-order chi connectivity index (χ1) is 10.8. The van der Waals surface area contributed by atoms with Gasteiger partial charge < -0.3 is 15.4 Å². The van der Waals surface area contributed by atoms with Gasteiger partial charge >= 0.3 is 6.09 Å². The highest BCUT2D eigenvalue weighted by molar-refractivity contribution is 6.04. The number of benzene rings is 1. The van der Waals surface area contributed by atoms with E-state index in [9.17, 15) is 4.79 Å². The van der Waals surface area contributed by atoms with Crippen molar-refractivity contribution in [3.8, 4) is 0 Å². The van der Waals surface area contributed by atoms with E-state index in [2.05, 4.69) is 0 Å². The molecule has 2 rings (SSSR count). The molecule has 1 aliphatic rings. The molecule has 1 fully saturated rings. The van der Waals surface area contributed by atoms with Gasteiger partial charge in [-0.05, 0) is 32.9 Å². The molecule has 23 heavy (non-hydrogen) atoms. The third kappa shape index (κ3) is 4.58. The number of hydrogen-bond acceptors (Lipinski definition) is 4. The number of para-hydroxylation sites is 1. The fraction of sp³-hybridized carbons (Fsp3) is 0.444. The van der Waals surface area contributed by atoms with E-state index in [1.807, 2.05) is 58.0 Å². The van der Waals surface area contributed by atoms with E-state index < -0.39 is 5.60 Å². The molecule has 1 aromatic rings. The van der Waals surface area contributed by atoms with Gasteiger partial charge in [-0.3, -0.25) is 4.99 Å². The molecular formula is C18H25N3O2. The van der Waals surface area contributed by atoms with E-state index in [4.69, 9.17) is 15.5 Å². The Morgan fingerprint density at radius 2 is 2.00 bits per heavy atom. The summed E-state index contributed by atoms with van der Waals surface area (Å²) in [5, 5.41) is 0. The van der Waals surface area contributed by atoms with Crippen molar-refractivity contribution >= 4 is 17.5 Å². The van der Waals surface area contributed by atoms with Crippen LogP contribution in [-0.2, 0) is 4.74 Å². The van der Waals surface area contributed by atoms with Crippen LogP contribution < -0.4 is 5.73 Å². The summed E-state index contributed by atoms with van der Waals surface area (Å²) in [4.78, 5) is 18.7. The van der Waals surface area contributed by atoms with Gasteiger partial charge in [0.2, 0.25) is 0 Å². The second-order valence-corrected chi connectivity index (χ2v) is 6.79. The Morgan fingerprint density at radius 1 is 1.35 bits per heavy atom. The van der Waals surface area contributed by atoms with Crippen molar-refractivity contribution in [3.63, 3.8) is 0 Å². The van der Waals surface area contributed by atoms with E-state index in [-0.39, 0.29) is 12.0 Å². The number of aliphatic imine (C=N–C) groups is 1. The summed E-state index contributed by atoms with van der Waals surface area (Å²) in [6.45, 7) is 8.61. The molecule has 1 saturated heterocycles. The molecule has 0 radical (unpaired) electrons. The predicted molar refractivity (Wildman–Crippen MR) is 92.8 cm³/mol. The van der Waals surface area contributed by atoms with Crippen molar-refractivity contribution in [3.05, 3.63) is 42.1 Å². The fourth-order valence-corrected chi connectivity index (χ4v) is 2.51. The quantitative estimate of drug-likeness (QED) is 0.862. The number of hydrogen-bond donors (Lipinski definition) is 1. The van der Waals surface area contributed by atoms with Gasteiger partial charge in [0.15, 0.2) is 0 Å². The van der Waals surface area contributed by atoms with Gasteiger partial charge in [0.25, 0.3) is 0 Å². The van der Waals surface area contributed by atoms with Gasteiger partial charge in [-0.15, -0.1) is 0 Å². The van der Waals surface area contributed by atoms with E-state index in [1.54, 1.807) is 4.90 Å². The summed E-state index contributed by atoms with van der Waals surface area (Å²) in [6, 6.07) is 9.76. The minimum atomic E-state index is -0.509. The van der Waals surface area contributed by atoms with Gasteiger partial charge in [-0.25, -0.2) is 4.79 Å². The highest BCUT2D eigenvalue weighted by Crippen LogP contribution is 2.24. The minimum absolute atomic E-state index is 0.0891. The molecule has 5 nitrogen and oxygen atoms in total. The van der Waals surface area contributed by atoms with E-state index >= 15 is 0 Å². The van der Waals surface area contributed by atoms with Crippen LogP contribution in [0.3, 0.4) is 0 Å². The normalized spacial score (nSPS) is 22.4. The topological polar surface area (TPSA) is 67.9 Å². The lowest BCUT2D eigenvalue weighted by Crippen LogP contribution is -2.46. The minimum Gasteiger partial charge on any atom is -0.444 e. The van der Waals surface area contributed by atoms with Crippen LogP contribution in [0.2, 0.25) is 0 Å². The molecule has 0 bridgehead atoms. The van der Waals surface area contributed by atoms with Crippen LogP contribution in [-0.4, -0.2) is 35.4 Å². The van der Waals surface area contributed by atoms with Crippen molar-refractivity contribution in [2.75, 3.05) is 13.1 Å². The monoisotopic (exact) mass is 315 g/mol. The smallest absolute Gasteiger partial charge is 0.410 e. The molecule has 5 heteroatoms. The first kappa shape index (κ1) is 17.1. The Balaban J connectivity index is 2.19. The average molecular weight is 315 g/mol. The molecule has 1 unspecified atom stereocenters. The Morgan fingerprint density at radius 3 is 2.57 bits per heavy atom. The number of carbonyl (C=O) groups excluding carboxylic acids is 1. The molecule has 0 aromatic heterocycles. The zero-order valence-electron chi connectivity index (χ0n) is 14.2.